The number of aryl methyl sites for hydroxylation is 1. The van der Waals surface area contributed by atoms with Crippen molar-refractivity contribution in [2.24, 2.45) is 0 Å². The van der Waals surface area contributed by atoms with Crippen LogP contribution in [0.4, 0.5) is 4.39 Å². The van der Waals surface area contributed by atoms with Crippen molar-refractivity contribution >= 4 is 17.0 Å². The van der Waals surface area contributed by atoms with Crippen molar-refractivity contribution < 1.29 is 8.94 Å². The van der Waals surface area contributed by atoms with Gasteiger partial charge < -0.3 is 9.87 Å². The van der Waals surface area contributed by atoms with Crippen molar-refractivity contribution in [3.8, 4) is 23.0 Å². The van der Waals surface area contributed by atoms with Crippen LogP contribution >= 0.6 is 0 Å². The molecule has 5 heteroatoms. The second kappa shape index (κ2) is 9.24. The molecule has 0 radical (unpaired) electrons. The molecule has 2 aromatic carbocycles. The number of benzene rings is 2. The van der Waals surface area contributed by atoms with E-state index in [1.54, 1.807) is 6.92 Å². The van der Waals surface area contributed by atoms with Gasteiger partial charge >= 0.3 is 0 Å². The monoisotopic (exact) mass is 424 g/mol. The molecule has 0 aliphatic carbocycles. The second-order valence-electron chi connectivity index (χ2n) is 7.98. The Morgan fingerprint density at radius 3 is 2.67 bits per heavy atom. The van der Waals surface area contributed by atoms with Gasteiger partial charge in [-0.25, -0.2) is 4.39 Å². The fraction of sp³-hybridized carbons (Fsp3) is 0.400. The lowest BCUT2D eigenvalue weighted by molar-refractivity contribution is 0.565. The molecule has 1 aliphatic rings. The van der Waals surface area contributed by atoms with Gasteiger partial charge in [-0.05, 0) is 90.3 Å². The third-order valence-corrected chi connectivity index (χ3v) is 7.61. The second-order valence-corrected chi connectivity index (χ2v) is 9.78. The van der Waals surface area contributed by atoms with Crippen LogP contribution in [0.15, 0.2) is 30.3 Å². The summed E-state index contributed by atoms with van der Waals surface area (Å²) in [6.07, 6.45) is 0.833. The van der Waals surface area contributed by atoms with E-state index in [0.717, 1.165) is 28.7 Å². The maximum atomic E-state index is 15.1. The van der Waals surface area contributed by atoms with E-state index >= 15 is 4.39 Å². The number of hydrogen-bond donors (Lipinski definition) is 2. The summed E-state index contributed by atoms with van der Waals surface area (Å²) in [4.78, 5) is 0. The number of rotatable bonds is 4. The Labute approximate surface area is 182 Å². The van der Waals surface area contributed by atoms with Gasteiger partial charge in [-0.1, -0.05) is 31.9 Å². The molecule has 0 bridgehead atoms. The van der Waals surface area contributed by atoms with Gasteiger partial charge in [-0.3, -0.25) is 5.41 Å². The van der Waals surface area contributed by atoms with Gasteiger partial charge in [-0.15, -0.1) is 5.92 Å². The Balaban J connectivity index is 2.15. The molecule has 0 amide bonds. The number of hydrogen-bond acceptors (Lipinski definition) is 2. The normalized spacial score (nSPS) is 22.1. The molecule has 3 rings (SSSR count). The highest BCUT2D eigenvalue weighted by Crippen LogP contribution is 2.37. The van der Waals surface area contributed by atoms with E-state index < -0.39 is 11.2 Å². The van der Waals surface area contributed by atoms with Crippen LogP contribution in [0.2, 0.25) is 0 Å². The Morgan fingerprint density at radius 2 is 2.03 bits per heavy atom. The molecule has 0 spiro atoms. The van der Waals surface area contributed by atoms with Gasteiger partial charge in [0.15, 0.2) is 5.25 Å². The van der Waals surface area contributed by atoms with Crippen molar-refractivity contribution in [2.75, 3.05) is 5.75 Å². The van der Waals surface area contributed by atoms with E-state index in [9.17, 15) is 4.55 Å². The third-order valence-electron chi connectivity index (χ3n) is 5.92. The van der Waals surface area contributed by atoms with E-state index in [-0.39, 0.29) is 23.0 Å². The van der Waals surface area contributed by atoms with E-state index in [1.165, 1.54) is 6.07 Å². The van der Waals surface area contributed by atoms with Crippen LogP contribution < -0.4 is 5.32 Å². The smallest absolute Gasteiger partial charge is 0.169 e. The van der Waals surface area contributed by atoms with Gasteiger partial charge in [0.2, 0.25) is 0 Å². The van der Waals surface area contributed by atoms with E-state index in [2.05, 4.69) is 30.1 Å². The molecule has 1 heterocycles. The lowest BCUT2D eigenvalue weighted by Gasteiger charge is -2.32. The van der Waals surface area contributed by atoms with Crippen LogP contribution in [0.3, 0.4) is 0 Å². The molecule has 0 saturated carbocycles. The Hall–Kier alpha value is -2.29. The molecule has 3 nitrogen and oxygen atoms in total. The van der Waals surface area contributed by atoms with Crippen molar-refractivity contribution in [3.63, 3.8) is 0 Å². The predicted molar refractivity (Wildman–Crippen MR) is 124 cm³/mol. The highest BCUT2D eigenvalue weighted by Gasteiger charge is 2.34. The molecule has 1 fully saturated rings. The zero-order valence-electron chi connectivity index (χ0n) is 18.2. The molecule has 30 heavy (non-hydrogen) atoms. The molecule has 2 N–H and O–H groups in total. The fourth-order valence-corrected chi connectivity index (χ4v) is 5.10. The zero-order valence-corrected chi connectivity index (χ0v) is 19.0. The van der Waals surface area contributed by atoms with Crippen molar-refractivity contribution in [1.82, 2.24) is 5.32 Å². The number of nitrogens with one attached hydrogen (secondary N) is 2. The minimum Gasteiger partial charge on any atom is -0.616 e. The summed E-state index contributed by atoms with van der Waals surface area (Å²) in [6, 6.07) is 9.39. The molecular weight excluding hydrogens is 395 g/mol. The number of amidine groups is 1. The maximum absolute atomic E-state index is 15.1. The van der Waals surface area contributed by atoms with Crippen molar-refractivity contribution in [2.45, 2.75) is 58.2 Å². The average molecular weight is 425 g/mol. The summed E-state index contributed by atoms with van der Waals surface area (Å²) >= 11 is -1.09. The molecular formula is C25H29FN2OS. The summed E-state index contributed by atoms with van der Waals surface area (Å²) < 4.78 is 27.6. The van der Waals surface area contributed by atoms with Crippen LogP contribution in [0, 0.1) is 30.0 Å². The molecule has 1 saturated heterocycles. The largest absolute Gasteiger partial charge is 0.616 e. The fourth-order valence-electron chi connectivity index (χ4n) is 3.88. The molecule has 4 unspecified atom stereocenters. The maximum Gasteiger partial charge on any atom is 0.169 e. The first-order valence-corrected chi connectivity index (χ1v) is 11.7. The van der Waals surface area contributed by atoms with Crippen LogP contribution in [-0.2, 0) is 11.2 Å². The topological polar surface area (TPSA) is 58.9 Å². The quantitative estimate of drug-likeness (QED) is 0.507. The summed E-state index contributed by atoms with van der Waals surface area (Å²) in [5.74, 6) is 6.45. The highest BCUT2D eigenvalue weighted by molar-refractivity contribution is 7.92. The standard InChI is InChI=1S/C25H29FN2OS/c1-6-8-18-11-21(24(15(3)7-2)22(26)12-18)20-13-19(10-9-16(20)4)23-14-30(29)17(5)25(27)28-23/h9-13,15,17,23H,7,14H2,1-5H3,(H2,27,28). The van der Waals surface area contributed by atoms with E-state index in [1.807, 2.05) is 39.0 Å². The SMILES string of the molecule is CC#Cc1cc(F)c(C(C)CC)c(-c2cc(C3C[S+]([O-])C(C)C(=N)N3)ccc2C)c1. The molecule has 1 aliphatic heterocycles. The van der Waals surface area contributed by atoms with Gasteiger partial charge in [-0.2, -0.15) is 0 Å². The first-order chi connectivity index (χ1) is 14.3. The van der Waals surface area contributed by atoms with Crippen LogP contribution in [-0.4, -0.2) is 21.4 Å². The van der Waals surface area contributed by atoms with Gasteiger partial charge in [0.05, 0.1) is 6.04 Å². The molecule has 158 valence electrons. The van der Waals surface area contributed by atoms with Crippen molar-refractivity contribution in [3.05, 3.63) is 58.4 Å². The highest BCUT2D eigenvalue weighted by atomic mass is 32.2. The number of halogens is 1. The van der Waals surface area contributed by atoms with E-state index in [4.69, 9.17) is 5.41 Å². The Morgan fingerprint density at radius 1 is 1.30 bits per heavy atom. The van der Waals surface area contributed by atoms with E-state index in [0.29, 0.717) is 22.7 Å². The minimum absolute atomic E-state index is 0.0704. The summed E-state index contributed by atoms with van der Waals surface area (Å²) in [5.41, 5.74) is 5.20. The van der Waals surface area contributed by atoms with Crippen molar-refractivity contribution in [1.29, 1.82) is 5.41 Å². The van der Waals surface area contributed by atoms with Crippen LogP contribution in [0.1, 0.15) is 68.3 Å². The molecule has 4 atom stereocenters. The lowest BCUT2D eigenvalue weighted by Crippen LogP contribution is -2.48. The van der Waals surface area contributed by atoms with Gasteiger partial charge in [0.1, 0.15) is 17.4 Å². The average Bonchev–Trinajstić information content (AvgIpc) is 2.71. The summed E-state index contributed by atoms with van der Waals surface area (Å²) in [5, 5.41) is 11.0. The minimum atomic E-state index is -1.09. The summed E-state index contributed by atoms with van der Waals surface area (Å²) in [7, 11) is 0. The first kappa shape index (κ1) is 22.4. The predicted octanol–water partition coefficient (Wildman–Crippen LogP) is 5.44. The van der Waals surface area contributed by atoms with Crippen LogP contribution in [0.25, 0.3) is 11.1 Å². The zero-order chi connectivity index (χ0) is 22.0. The summed E-state index contributed by atoms with van der Waals surface area (Å²) in [6.45, 7) is 9.68. The van der Waals surface area contributed by atoms with Gasteiger partial charge in [0.25, 0.3) is 0 Å². The lowest BCUT2D eigenvalue weighted by atomic mass is 9.85. The third kappa shape index (κ3) is 4.40. The Kier molecular flexibility index (Phi) is 6.90. The molecule has 0 aromatic heterocycles. The molecule has 2 aromatic rings. The first-order valence-electron chi connectivity index (χ1n) is 10.4. The van der Waals surface area contributed by atoms with Gasteiger partial charge in [0, 0.05) is 5.56 Å². The van der Waals surface area contributed by atoms with Crippen LogP contribution in [0.5, 0.6) is 0 Å². The Bertz CT molecular complexity index is 1020.